The van der Waals surface area contributed by atoms with Crippen LogP contribution in [0.3, 0.4) is 0 Å². The monoisotopic (exact) mass is 428 g/mol. The van der Waals surface area contributed by atoms with E-state index in [1.54, 1.807) is 40.1 Å². The van der Waals surface area contributed by atoms with E-state index in [2.05, 4.69) is 14.7 Å². The Kier molecular flexibility index (Phi) is 4.31. The smallest absolute Gasteiger partial charge is 0.329 e. The van der Waals surface area contributed by atoms with Gasteiger partial charge in [-0.15, -0.1) is 0 Å². The van der Waals surface area contributed by atoms with Crippen LogP contribution < -0.4 is 9.80 Å². The maximum atomic E-state index is 13.2. The summed E-state index contributed by atoms with van der Waals surface area (Å²) in [6.45, 7) is 0.877. The Bertz CT molecular complexity index is 1200. The molecule has 1 saturated heterocycles. The van der Waals surface area contributed by atoms with Crippen LogP contribution in [0.25, 0.3) is 11.4 Å². The summed E-state index contributed by atoms with van der Waals surface area (Å²) >= 11 is 0. The topological polar surface area (TPSA) is 79.5 Å². The first-order valence-corrected chi connectivity index (χ1v) is 9.58. The molecule has 2 aliphatic rings. The molecule has 31 heavy (non-hydrogen) atoms. The summed E-state index contributed by atoms with van der Waals surface area (Å²) in [7, 11) is 0. The van der Waals surface area contributed by atoms with Gasteiger partial charge >= 0.3 is 12.1 Å². The van der Waals surface area contributed by atoms with Gasteiger partial charge in [0.2, 0.25) is 11.7 Å². The second kappa shape index (κ2) is 6.93. The molecule has 2 amide bonds. The average molecular weight is 428 g/mol. The predicted octanol–water partition coefficient (Wildman–Crippen LogP) is 4.04. The highest BCUT2D eigenvalue weighted by atomic mass is 19.4. The van der Waals surface area contributed by atoms with Gasteiger partial charge in [-0.25, -0.2) is 0 Å². The third-order valence-corrected chi connectivity index (χ3v) is 5.38. The van der Waals surface area contributed by atoms with Crippen LogP contribution in [0.5, 0.6) is 0 Å². The van der Waals surface area contributed by atoms with Gasteiger partial charge in [0, 0.05) is 24.1 Å². The van der Waals surface area contributed by atoms with Gasteiger partial charge in [-0.05, 0) is 30.2 Å². The van der Waals surface area contributed by atoms with E-state index < -0.39 is 12.1 Å². The minimum absolute atomic E-state index is 0.0106. The number of alkyl halides is 3. The van der Waals surface area contributed by atoms with Gasteiger partial charge in [0.25, 0.3) is 5.91 Å². The van der Waals surface area contributed by atoms with Gasteiger partial charge < -0.3 is 14.3 Å². The van der Waals surface area contributed by atoms with Crippen molar-refractivity contribution in [3.8, 4) is 11.4 Å². The number of rotatable bonds is 3. The zero-order chi connectivity index (χ0) is 21.8. The number of carbonyl (C=O) groups excluding carboxylic acids is 2. The third-order valence-electron chi connectivity index (χ3n) is 5.38. The fraction of sp³-hybridized carbons (Fsp3) is 0.238. The Hall–Kier alpha value is -3.69. The lowest BCUT2D eigenvalue weighted by atomic mass is 10.1. The molecule has 3 aromatic rings. The summed E-state index contributed by atoms with van der Waals surface area (Å²) in [6, 6.07) is 11.9. The summed E-state index contributed by atoms with van der Waals surface area (Å²) in [5.41, 5.74) is 2.59. The quantitative estimate of drug-likeness (QED) is 0.629. The molecule has 1 aromatic heterocycles. The highest BCUT2D eigenvalue weighted by Gasteiger charge is 2.39. The minimum Gasteiger partial charge on any atom is -0.329 e. The van der Waals surface area contributed by atoms with Crippen molar-refractivity contribution in [2.75, 3.05) is 16.3 Å². The van der Waals surface area contributed by atoms with E-state index in [1.807, 2.05) is 6.07 Å². The molecule has 3 heterocycles. The zero-order valence-corrected chi connectivity index (χ0v) is 16.0. The highest BCUT2D eigenvalue weighted by molar-refractivity contribution is 6.13. The number of hydrogen-bond donors (Lipinski definition) is 0. The molecule has 1 fully saturated rings. The number of anilines is 2. The fourth-order valence-electron chi connectivity index (χ4n) is 3.91. The third kappa shape index (κ3) is 3.24. The minimum atomic E-state index is -4.74. The summed E-state index contributed by atoms with van der Waals surface area (Å²) in [5.74, 6) is -1.99. The molecule has 0 radical (unpaired) electrons. The summed E-state index contributed by atoms with van der Waals surface area (Å²) in [6.07, 6.45) is -3.52. The van der Waals surface area contributed by atoms with Crippen molar-refractivity contribution in [1.29, 1.82) is 0 Å². The molecule has 5 rings (SSSR count). The number of nitrogens with zero attached hydrogens (tertiary/aromatic N) is 4. The first-order chi connectivity index (χ1) is 14.8. The van der Waals surface area contributed by atoms with Gasteiger partial charge in [0.1, 0.15) is 0 Å². The van der Waals surface area contributed by atoms with E-state index in [-0.39, 0.29) is 29.7 Å². The number of carbonyl (C=O) groups is 2. The first kappa shape index (κ1) is 19.3. The van der Waals surface area contributed by atoms with Crippen LogP contribution in [0.1, 0.15) is 34.7 Å². The predicted molar refractivity (Wildman–Crippen MR) is 103 cm³/mol. The van der Waals surface area contributed by atoms with Crippen molar-refractivity contribution < 1.29 is 27.3 Å². The molecular weight excluding hydrogens is 413 g/mol. The molecular formula is C21H15F3N4O3. The van der Waals surface area contributed by atoms with Gasteiger partial charge in [-0.2, -0.15) is 18.2 Å². The molecule has 0 N–H and O–H groups in total. The number of aromatic nitrogens is 2. The molecule has 0 spiro atoms. The molecule has 0 aliphatic carbocycles. The lowest BCUT2D eigenvalue weighted by Gasteiger charge is -2.24. The Morgan fingerprint density at radius 2 is 1.74 bits per heavy atom. The summed E-state index contributed by atoms with van der Waals surface area (Å²) in [5, 5.41) is 3.38. The van der Waals surface area contributed by atoms with Crippen molar-refractivity contribution in [2.24, 2.45) is 0 Å². The summed E-state index contributed by atoms with van der Waals surface area (Å²) < 4.78 is 42.5. The van der Waals surface area contributed by atoms with Crippen LogP contribution in [0.15, 0.2) is 47.0 Å². The van der Waals surface area contributed by atoms with E-state index in [1.165, 1.54) is 6.07 Å². The van der Waals surface area contributed by atoms with Crippen molar-refractivity contribution in [1.82, 2.24) is 10.1 Å². The number of halogens is 3. The van der Waals surface area contributed by atoms with Gasteiger partial charge in [-0.1, -0.05) is 29.4 Å². The van der Waals surface area contributed by atoms with Gasteiger partial charge in [0.05, 0.1) is 17.9 Å². The standard InChI is InChI=1S/C21H15F3N4O3/c22-21(23,24)20-25-18(26-31-20)12-7-8-13-11-28(19(30)14(13)10-12)16-5-2-1-4-15(16)27-9-3-6-17(27)29/h1-2,4-5,7-8,10H,3,6,9,11H2. The normalized spacial score (nSPS) is 16.4. The Morgan fingerprint density at radius 3 is 2.39 bits per heavy atom. The largest absolute Gasteiger partial charge is 0.471 e. The lowest BCUT2D eigenvalue weighted by molar-refractivity contribution is -0.159. The van der Waals surface area contributed by atoms with E-state index in [9.17, 15) is 22.8 Å². The Labute approximate surface area is 174 Å². The van der Waals surface area contributed by atoms with Crippen molar-refractivity contribution in [3.05, 3.63) is 59.5 Å². The Balaban J connectivity index is 1.48. The van der Waals surface area contributed by atoms with Crippen molar-refractivity contribution >= 4 is 23.2 Å². The molecule has 10 heteroatoms. The van der Waals surface area contributed by atoms with Crippen LogP contribution in [0.2, 0.25) is 0 Å². The van der Waals surface area contributed by atoms with E-state index in [4.69, 9.17) is 0 Å². The van der Waals surface area contributed by atoms with Gasteiger partial charge in [-0.3, -0.25) is 9.59 Å². The number of hydrogen-bond acceptors (Lipinski definition) is 5. The van der Waals surface area contributed by atoms with Crippen molar-refractivity contribution in [2.45, 2.75) is 25.6 Å². The highest BCUT2D eigenvalue weighted by Crippen LogP contribution is 2.38. The SMILES string of the molecule is O=C1CCCN1c1ccccc1N1Cc2ccc(-c3noc(C(F)(F)F)n3)cc2C1=O. The average Bonchev–Trinajstić information content (AvgIpc) is 3.47. The molecule has 2 aliphatic heterocycles. The first-order valence-electron chi connectivity index (χ1n) is 9.58. The van der Waals surface area contributed by atoms with Crippen LogP contribution in [0.4, 0.5) is 24.5 Å². The number of benzene rings is 2. The van der Waals surface area contributed by atoms with Crippen LogP contribution >= 0.6 is 0 Å². The molecule has 2 aromatic carbocycles. The van der Waals surface area contributed by atoms with Crippen molar-refractivity contribution in [3.63, 3.8) is 0 Å². The molecule has 158 valence electrons. The number of amides is 2. The van der Waals surface area contributed by atoms with Crippen LogP contribution in [-0.2, 0) is 17.5 Å². The second-order valence-corrected chi connectivity index (χ2v) is 7.32. The van der Waals surface area contributed by atoms with Crippen LogP contribution in [-0.4, -0.2) is 28.5 Å². The molecule has 0 unspecified atom stereocenters. The fourth-order valence-corrected chi connectivity index (χ4v) is 3.91. The van der Waals surface area contributed by atoms with E-state index in [0.717, 1.165) is 12.0 Å². The molecule has 0 saturated carbocycles. The second-order valence-electron chi connectivity index (χ2n) is 7.32. The lowest BCUT2D eigenvalue weighted by Crippen LogP contribution is -2.29. The van der Waals surface area contributed by atoms with E-state index >= 15 is 0 Å². The molecule has 0 atom stereocenters. The number of para-hydroxylation sites is 2. The maximum Gasteiger partial charge on any atom is 0.471 e. The maximum absolute atomic E-state index is 13.2. The molecule has 0 bridgehead atoms. The van der Waals surface area contributed by atoms with Gasteiger partial charge in [0.15, 0.2) is 0 Å². The molecule has 7 nitrogen and oxygen atoms in total. The Morgan fingerprint density at radius 1 is 1.00 bits per heavy atom. The zero-order valence-electron chi connectivity index (χ0n) is 16.0. The van der Waals surface area contributed by atoms with E-state index in [0.29, 0.717) is 29.9 Å². The number of fused-ring (bicyclic) bond motifs is 1. The van der Waals surface area contributed by atoms with Crippen LogP contribution in [0, 0.1) is 0 Å². The summed E-state index contributed by atoms with van der Waals surface area (Å²) in [4.78, 5) is 32.0.